The Morgan fingerprint density at radius 3 is 3.00 bits per heavy atom. The second-order valence-corrected chi connectivity index (χ2v) is 6.80. The fourth-order valence-corrected chi connectivity index (χ4v) is 2.39. The minimum absolute atomic E-state index is 0.0897. The van der Waals surface area contributed by atoms with E-state index in [4.69, 9.17) is 4.74 Å². The Kier molecular flexibility index (Phi) is 7.01. The molecule has 1 heterocycles. The van der Waals surface area contributed by atoms with Gasteiger partial charge in [0.25, 0.3) is 0 Å². The first kappa shape index (κ1) is 16.1. The van der Waals surface area contributed by atoms with Gasteiger partial charge in [0, 0.05) is 40.7 Å². The predicted molar refractivity (Wildman–Crippen MR) is 79.1 cm³/mol. The van der Waals surface area contributed by atoms with E-state index < -0.39 is 10.8 Å². The van der Waals surface area contributed by atoms with E-state index in [1.807, 2.05) is 12.3 Å². The van der Waals surface area contributed by atoms with Crippen LogP contribution in [0.1, 0.15) is 26.0 Å². The van der Waals surface area contributed by atoms with Gasteiger partial charge in [-0.25, -0.2) is 4.98 Å². The fraction of sp³-hybridized carbons (Fsp3) is 0.667. The van der Waals surface area contributed by atoms with Crippen LogP contribution < -0.4 is 5.32 Å². The lowest BCUT2D eigenvalue weighted by molar-refractivity contribution is -0.143. The van der Waals surface area contributed by atoms with E-state index in [0.29, 0.717) is 26.0 Å². The smallest absolute Gasteiger partial charge is 0.306 e. The second-order valence-electron chi connectivity index (χ2n) is 4.14. The lowest BCUT2D eigenvalue weighted by Gasteiger charge is -2.08. The molecule has 2 atom stereocenters. The molecule has 7 heteroatoms. The Hall–Kier alpha value is -0.950. The SMILES string of the molecule is CCOC(=O)CCc1csc(NCC(C)S(C)=O)n1. The van der Waals surface area contributed by atoms with Crippen LogP contribution in [0, 0.1) is 0 Å². The Labute approximate surface area is 120 Å². The van der Waals surface area contributed by atoms with Crippen molar-refractivity contribution in [3.05, 3.63) is 11.1 Å². The fourth-order valence-electron chi connectivity index (χ4n) is 1.31. The van der Waals surface area contributed by atoms with E-state index in [9.17, 15) is 9.00 Å². The first-order chi connectivity index (χ1) is 9.02. The molecule has 0 radical (unpaired) electrons. The number of hydrogen-bond donors (Lipinski definition) is 1. The average Bonchev–Trinajstić information content (AvgIpc) is 2.81. The van der Waals surface area contributed by atoms with Gasteiger partial charge in [-0.3, -0.25) is 9.00 Å². The van der Waals surface area contributed by atoms with Crippen LogP contribution in [0.5, 0.6) is 0 Å². The molecule has 0 bridgehead atoms. The zero-order chi connectivity index (χ0) is 14.3. The molecular formula is C12H20N2O3S2. The highest BCUT2D eigenvalue weighted by Crippen LogP contribution is 2.16. The van der Waals surface area contributed by atoms with Gasteiger partial charge in [0.15, 0.2) is 5.13 Å². The maximum absolute atomic E-state index is 11.2. The molecule has 1 aromatic rings. The first-order valence-electron chi connectivity index (χ1n) is 6.19. The number of carbonyl (C=O) groups is 1. The summed E-state index contributed by atoms with van der Waals surface area (Å²) in [5.41, 5.74) is 0.880. The number of ether oxygens (including phenoxy) is 1. The van der Waals surface area contributed by atoms with Gasteiger partial charge in [0.2, 0.25) is 0 Å². The van der Waals surface area contributed by atoms with Crippen LogP contribution in [-0.4, -0.2) is 39.8 Å². The number of rotatable bonds is 8. The molecular weight excluding hydrogens is 284 g/mol. The summed E-state index contributed by atoms with van der Waals surface area (Å²) in [5.74, 6) is -0.194. The van der Waals surface area contributed by atoms with Crippen molar-refractivity contribution in [1.82, 2.24) is 4.98 Å². The summed E-state index contributed by atoms with van der Waals surface area (Å²) in [6.45, 7) is 4.77. The van der Waals surface area contributed by atoms with Crippen molar-refractivity contribution in [2.75, 3.05) is 24.7 Å². The van der Waals surface area contributed by atoms with Crippen molar-refractivity contribution >= 4 is 33.2 Å². The van der Waals surface area contributed by atoms with Crippen LogP contribution in [-0.2, 0) is 26.8 Å². The molecule has 0 saturated heterocycles. The summed E-state index contributed by atoms with van der Waals surface area (Å²) in [7, 11) is -0.836. The van der Waals surface area contributed by atoms with Gasteiger partial charge in [-0.05, 0) is 13.8 Å². The zero-order valence-electron chi connectivity index (χ0n) is 11.5. The van der Waals surface area contributed by atoms with Gasteiger partial charge >= 0.3 is 5.97 Å². The Morgan fingerprint density at radius 1 is 1.63 bits per heavy atom. The summed E-state index contributed by atoms with van der Waals surface area (Å²) in [6.07, 6.45) is 2.64. The van der Waals surface area contributed by atoms with Gasteiger partial charge in [0.1, 0.15) is 0 Å². The van der Waals surface area contributed by atoms with E-state index >= 15 is 0 Å². The van der Waals surface area contributed by atoms with Crippen molar-refractivity contribution in [2.24, 2.45) is 0 Å². The van der Waals surface area contributed by atoms with Crippen LogP contribution >= 0.6 is 11.3 Å². The molecule has 0 spiro atoms. The Balaban J connectivity index is 2.36. The molecule has 1 rings (SSSR count). The predicted octanol–water partition coefficient (Wildman–Crippen LogP) is 1.82. The maximum atomic E-state index is 11.2. The monoisotopic (exact) mass is 304 g/mol. The molecule has 19 heavy (non-hydrogen) atoms. The van der Waals surface area contributed by atoms with Gasteiger partial charge < -0.3 is 10.1 Å². The van der Waals surface area contributed by atoms with Gasteiger partial charge in [-0.2, -0.15) is 0 Å². The Bertz CT molecular complexity index is 434. The highest BCUT2D eigenvalue weighted by Gasteiger charge is 2.09. The number of carbonyl (C=O) groups excluding carboxylic acids is 1. The lowest BCUT2D eigenvalue weighted by atomic mass is 10.2. The quantitative estimate of drug-likeness (QED) is 0.742. The van der Waals surface area contributed by atoms with Crippen molar-refractivity contribution < 1.29 is 13.7 Å². The number of hydrogen-bond acceptors (Lipinski definition) is 6. The number of nitrogens with zero attached hydrogens (tertiary/aromatic N) is 1. The van der Waals surface area contributed by atoms with Gasteiger partial charge in [-0.15, -0.1) is 11.3 Å². The van der Waals surface area contributed by atoms with E-state index in [1.165, 1.54) is 11.3 Å². The minimum atomic E-state index is -0.836. The molecule has 0 amide bonds. The van der Waals surface area contributed by atoms with Crippen LogP contribution in [0.3, 0.4) is 0 Å². The number of nitrogens with one attached hydrogen (secondary N) is 1. The topological polar surface area (TPSA) is 68.3 Å². The van der Waals surface area contributed by atoms with Crippen LogP contribution in [0.25, 0.3) is 0 Å². The molecule has 0 saturated carbocycles. The summed E-state index contributed by atoms with van der Waals surface area (Å²) in [4.78, 5) is 15.6. The molecule has 0 aliphatic carbocycles. The third kappa shape index (κ3) is 6.15. The third-order valence-electron chi connectivity index (χ3n) is 2.55. The molecule has 1 N–H and O–H groups in total. The summed E-state index contributed by atoms with van der Waals surface area (Å²) in [5, 5.41) is 5.97. The molecule has 2 unspecified atom stereocenters. The van der Waals surface area contributed by atoms with Crippen molar-refractivity contribution in [3.8, 4) is 0 Å². The minimum Gasteiger partial charge on any atom is -0.466 e. The molecule has 5 nitrogen and oxygen atoms in total. The molecule has 0 aromatic carbocycles. The molecule has 0 aliphatic rings. The highest BCUT2D eigenvalue weighted by atomic mass is 32.2. The van der Waals surface area contributed by atoms with Crippen molar-refractivity contribution in [3.63, 3.8) is 0 Å². The van der Waals surface area contributed by atoms with E-state index in [0.717, 1.165) is 10.8 Å². The molecule has 0 aliphatic heterocycles. The highest BCUT2D eigenvalue weighted by molar-refractivity contribution is 7.84. The largest absolute Gasteiger partial charge is 0.466 e. The Morgan fingerprint density at radius 2 is 2.37 bits per heavy atom. The zero-order valence-corrected chi connectivity index (χ0v) is 13.1. The van der Waals surface area contributed by atoms with Crippen molar-refractivity contribution in [2.45, 2.75) is 31.9 Å². The lowest BCUT2D eigenvalue weighted by Crippen LogP contribution is -2.20. The summed E-state index contributed by atoms with van der Waals surface area (Å²) in [6, 6.07) is 0. The normalized spacial score (nSPS) is 13.8. The number of aromatic nitrogens is 1. The van der Waals surface area contributed by atoms with Crippen LogP contribution in [0.15, 0.2) is 5.38 Å². The third-order valence-corrected chi connectivity index (χ3v) is 4.70. The molecule has 0 fully saturated rings. The first-order valence-corrected chi connectivity index (χ1v) is 8.69. The van der Waals surface area contributed by atoms with Gasteiger partial charge in [-0.1, -0.05) is 0 Å². The van der Waals surface area contributed by atoms with Crippen LogP contribution in [0.4, 0.5) is 5.13 Å². The molecule has 1 aromatic heterocycles. The maximum Gasteiger partial charge on any atom is 0.306 e. The van der Waals surface area contributed by atoms with E-state index in [-0.39, 0.29) is 11.2 Å². The van der Waals surface area contributed by atoms with Crippen molar-refractivity contribution in [1.29, 1.82) is 0 Å². The second kappa shape index (κ2) is 8.27. The average molecular weight is 304 g/mol. The standard InChI is InChI=1S/C12H20N2O3S2/c1-4-17-11(15)6-5-10-8-18-12(14-10)13-7-9(2)19(3)16/h8-9H,4-7H2,1-3H3,(H,13,14). The number of thiazole rings is 1. The van der Waals surface area contributed by atoms with Gasteiger partial charge in [0.05, 0.1) is 18.7 Å². The molecule has 108 valence electrons. The number of esters is 1. The van der Waals surface area contributed by atoms with E-state index in [1.54, 1.807) is 13.2 Å². The van der Waals surface area contributed by atoms with E-state index in [2.05, 4.69) is 10.3 Å². The number of anilines is 1. The number of aryl methyl sites for hydroxylation is 1. The van der Waals surface area contributed by atoms with Crippen LogP contribution in [0.2, 0.25) is 0 Å². The summed E-state index contributed by atoms with van der Waals surface area (Å²) < 4.78 is 16.1. The summed E-state index contributed by atoms with van der Waals surface area (Å²) >= 11 is 1.49.